The predicted molar refractivity (Wildman–Crippen MR) is 75.9 cm³/mol. The highest BCUT2D eigenvalue weighted by molar-refractivity contribution is 5.32. The van der Waals surface area contributed by atoms with E-state index in [9.17, 15) is 0 Å². The van der Waals surface area contributed by atoms with Gasteiger partial charge >= 0.3 is 0 Å². The minimum Gasteiger partial charge on any atom is -0.384 e. The molecule has 2 rings (SSSR count). The molecular weight excluding hydrogens is 222 g/mol. The van der Waals surface area contributed by atoms with E-state index >= 15 is 0 Å². The van der Waals surface area contributed by atoms with Crippen LogP contribution in [0.4, 0.5) is 0 Å². The smallest absolute Gasteiger partial charge is 0.0553 e. The summed E-state index contributed by atoms with van der Waals surface area (Å²) in [6.45, 7) is 8.63. The lowest BCUT2D eigenvalue weighted by Crippen LogP contribution is -2.33. The second-order valence-electron chi connectivity index (χ2n) is 6.26. The second-order valence-corrected chi connectivity index (χ2v) is 6.26. The van der Waals surface area contributed by atoms with Gasteiger partial charge in [-0.15, -0.1) is 0 Å². The highest BCUT2D eigenvalue weighted by Crippen LogP contribution is 2.32. The lowest BCUT2D eigenvalue weighted by Gasteiger charge is -2.28. The largest absolute Gasteiger partial charge is 0.384 e. The molecular formula is C16H25NO. The molecule has 1 aliphatic rings. The number of benzene rings is 1. The van der Waals surface area contributed by atoms with Crippen LogP contribution in [0, 0.1) is 0 Å². The van der Waals surface area contributed by atoms with Gasteiger partial charge in [0.05, 0.1) is 6.61 Å². The Kier molecular flexibility index (Phi) is 3.79. The van der Waals surface area contributed by atoms with Crippen LogP contribution >= 0.6 is 0 Å². The summed E-state index contributed by atoms with van der Waals surface area (Å²) in [5, 5.41) is 3.61. The van der Waals surface area contributed by atoms with E-state index in [0.717, 1.165) is 13.2 Å². The van der Waals surface area contributed by atoms with Crippen LogP contribution in [0.1, 0.15) is 44.7 Å². The van der Waals surface area contributed by atoms with E-state index in [1.807, 2.05) is 0 Å². The third kappa shape index (κ3) is 2.60. The summed E-state index contributed by atoms with van der Waals surface area (Å²) in [6, 6.07) is 9.04. The predicted octanol–water partition coefficient (Wildman–Crippen LogP) is 3.21. The van der Waals surface area contributed by atoms with Gasteiger partial charge in [-0.05, 0) is 37.4 Å². The number of methoxy groups -OCH3 is 1. The number of nitrogens with one attached hydrogen (secondary N) is 1. The molecule has 100 valence electrons. The molecule has 0 radical (unpaired) electrons. The first-order chi connectivity index (χ1) is 8.48. The molecule has 1 fully saturated rings. The maximum Gasteiger partial charge on any atom is 0.0553 e. The molecule has 2 heteroatoms. The third-order valence-electron chi connectivity index (χ3n) is 4.18. The van der Waals surface area contributed by atoms with Crippen molar-refractivity contribution in [2.45, 2.75) is 44.6 Å². The molecule has 0 bridgehead atoms. The fourth-order valence-electron chi connectivity index (χ4n) is 2.87. The second kappa shape index (κ2) is 5.02. The van der Waals surface area contributed by atoms with E-state index in [1.165, 1.54) is 24.0 Å². The lowest BCUT2D eigenvalue weighted by molar-refractivity contribution is 0.146. The molecule has 1 N–H and O–H groups in total. The summed E-state index contributed by atoms with van der Waals surface area (Å²) >= 11 is 0. The average Bonchev–Trinajstić information content (AvgIpc) is 2.78. The van der Waals surface area contributed by atoms with Crippen LogP contribution in [0.5, 0.6) is 0 Å². The van der Waals surface area contributed by atoms with Crippen LogP contribution < -0.4 is 5.32 Å². The van der Waals surface area contributed by atoms with Gasteiger partial charge in [0.25, 0.3) is 0 Å². The Balaban J connectivity index is 2.20. The molecule has 0 amide bonds. The summed E-state index contributed by atoms with van der Waals surface area (Å²) in [4.78, 5) is 0. The molecule has 1 saturated heterocycles. The Bertz CT molecular complexity index is 388. The van der Waals surface area contributed by atoms with Crippen LogP contribution in [0.15, 0.2) is 24.3 Å². The van der Waals surface area contributed by atoms with Gasteiger partial charge in [-0.2, -0.15) is 0 Å². The Morgan fingerprint density at radius 3 is 2.44 bits per heavy atom. The molecule has 1 aromatic rings. The van der Waals surface area contributed by atoms with E-state index in [4.69, 9.17) is 4.74 Å². The van der Waals surface area contributed by atoms with E-state index in [2.05, 4.69) is 50.4 Å². The molecule has 1 aliphatic heterocycles. The molecule has 18 heavy (non-hydrogen) atoms. The SMILES string of the molecule is COCC(C)(C)c1ccc(C2(C)CCCN2)cc1. The molecule has 2 nitrogen and oxygen atoms in total. The first-order valence-corrected chi connectivity index (χ1v) is 6.83. The van der Waals surface area contributed by atoms with Gasteiger partial charge in [0.1, 0.15) is 0 Å². The van der Waals surface area contributed by atoms with Gasteiger partial charge in [0, 0.05) is 18.1 Å². The molecule has 0 aromatic heterocycles. The average molecular weight is 247 g/mol. The van der Waals surface area contributed by atoms with Crippen molar-refractivity contribution in [3.8, 4) is 0 Å². The standard InChI is InChI=1S/C16H25NO/c1-15(2,12-18-4)13-6-8-14(9-7-13)16(3)10-5-11-17-16/h6-9,17H,5,10-12H2,1-4H3. The minimum absolute atomic E-state index is 0.0806. The molecule has 1 aromatic carbocycles. The molecule has 0 saturated carbocycles. The Morgan fingerprint density at radius 1 is 1.28 bits per heavy atom. The molecule has 1 unspecified atom stereocenters. The zero-order valence-electron chi connectivity index (χ0n) is 12.0. The first-order valence-electron chi connectivity index (χ1n) is 6.83. The highest BCUT2D eigenvalue weighted by atomic mass is 16.5. The normalized spacial score (nSPS) is 24.4. The van der Waals surface area contributed by atoms with E-state index < -0.39 is 0 Å². The number of ether oxygens (including phenoxy) is 1. The third-order valence-corrected chi connectivity index (χ3v) is 4.18. The zero-order valence-corrected chi connectivity index (χ0v) is 12.0. The topological polar surface area (TPSA) is 21.3 Å². The van der Waals surface area contributed by atoms with Gasteiger partial charge in [-0.25, -0.2) is 0 Å². The summed E-state index contributed by atoms with van der Waals surface area (Å²) < 4.78 is 5.30. The summed E-state index contributed by atoms with van der Waals surface area (Å²) in [6.07, 6.45) is 2.50. The Hall–Kier alpha value is -0.860. The van der Waals surface area contributed by atoms with Gasteiger partial charge < -0.3 is 10.1 Å². The first kappa shape index (κ1) is 13.6. The van der Waals surface area contributed by atoms with Crippen LogP contribution in [0.3, 0.4) is 0 Å². The van der Waals surface area contributed by atoms with Gasteiger partial charge in [-0.3, -0.25) is 0 Å². The molecule has 1 atom stereocenters. The molecule has 0 spiro atoms. The fourth-order valence-corrected chi connectivity index (χ4v) is 2.87. The van der Waals surface area contributed by atoms with E-state index in [1.54, 1.807) is 7.11 Å². The monoisotopic (exact) mass is 247 g/mol. The van der Waals surface area contributed by atoms with E-state index in [0.29, 0.717) is 0 Å². The number of rotatable bonds is 4. The molecule has 0 aliphatic carbocycles. The molecule has 1 heterocycles. The van der Waals surface area contributed by atoms with Crippen LogP contribution in [-0.2, 0) is 15.7 Å². The van der Waals surface area contributed by atoms with Crippen LogP contribution in [-0.4, -0.2) is 20.3 Å². The van der Waals surface area contributed by atoms with Crippen molar-refractivity contribution in [2.75, 3.05) is 20.3 Å². The fraction of sp³-hybridized carbons (Fsp3) is 0.625. The van der Waals surface area contributed by atoms with Gasteiger partial charge in [0.2, 0.25) is 0 Å². The van der Waals surface area contributed by atoms with Crippen molar-refractivity contribution in [3.63, 3.8) is 0 Å². The Labute approximate surface area is 111 Å². The lowest BCUT2D eigenvalue weighted by atomic mass is 9.83. The maximum absolute atomic E-state index is 5.30. The maximum atomic E-state index is 5.30. The van der Waals surface area contributed by atoms with Crippen molar-refractivity contribution in [2.24, 2.45) is 0 Å². The minimum atomic E-state index is 0.0806. The van der Waals surface area contributed by atoms with Crippen molar-refractivity contribution < 1.29 is 4.74 Å². The summed E-state index contributed by atoms with van der Waals surface area (Å²) in [7, 11) is 1.76. The quantitative estimate of drug-likeness (QED) is 0.882. The highest BCUT2D eigenvalue weighted by Gasteiger charge is 2.30. The van der Waals surface area contributed by atoms with Crippen molar-refractivity contribution in [3.05, 3.63) is 35.4 Å². The Morgan fingerprint density at radius 2 is 1.94 bits per heavy atom. The van der Waals surface area contributed by atoms with Crippen LogP contribution in [0.25, 0.3) is 0 Å². The van der Waals surface area contributed by atoms with E-state index in [-0.39, 0.29) is 11.0 Å². The van der Waals surface area contributed by atoms with Crippen molar-refractivity contribution in [1.82, 2.24) is 5.32 Å². The van der Waals surface area contributed by atoms with Gasteiger partial charge in [0.15, 0.2) is 0 Å². The zero-order chi connectivity index (χ0) is 13.2. The van der Waals surface area contributed by atoms with Crippen molar-refractivity contribution >= 4 is 0 Å². The van der Waals surface area contributed by atoms with Crippen LogP contribution in [0.2, 0.25) is 0 Å². The number of hydrogen-bond donors (Lipinski definition) is 1. The van der Waals surface area contributed by atoms with Gasteiger partial charge in [-0.1, -0.05) is 38.1 Å². The number of hydrogen-bond acceptors (Lipinski definition) is 2. The summed E-state index contributed by atoms with van der Waals surface area (Å²) in [5.41, 5.74) is 2.99. The van der Waals surface area contributed by atoms with Crippen molar-refractivity contribution in [1.29, 1.82) is 0 Å². The summed E-state index contributed by atoms with van der Waals surface area (Å²) in [5.74, 6) is 0.